The molecule has 2 aromatic carbocycles. The third-order valence-electron chi connectivity index (χ3n) is 9.41. The Balaban J connectivity index is 2.83. The molecule has 256 valence electrons. The molecule has 0 fully saturated rings. The van der Waals surface area contributed by atoms with Crippen LogP contribution in [0.1, 0.15) is 198 Å². The molecule has 2 aromatic rings. The van der Waals surface area contributed by atoms with Crippen molar-refractivity contribution >= 4 is 0 Å². The van der Waals surface area contributed by atoms with Crippen molar-refractivity contribution in [3.05, 3.63) is 69.8 Å². The molecule has 0 unspecified atom stereocenters. The summed E-state index contributed by atoms with van der Waals surface area (Å²) < 4.78 is 0. The normalized spacial score (nSPS) is 14.7. The first-order valence-electron chi connectivity index (χ1n) is 18.0. The maximum atomic E-state index is 2.56. The molecule has 0 spiro atoms. The van der Waals surface area contributed by atoms with Gasteiger partial charge in [-0.15, -0.1) is 0 Å². The molecule has 0 saturated carbocycles. The van der Waals surface area contributed by atoms with Crippen molar-refractivity contribution in [3.8, 4) is 0 Å². The number of hydrogen-bond donors (Lipinski definition) is 0. The molecular formula is C45H76. The molecule has 0 aliphatic heterocycles. The summed E-state index contributed by atoms with van der Waals surface area (Å²) >= 11 is 0. The van der Waals surface area contributed by atoms with Gasteiger partial charge in [0, 0.05) is 0 Å². The van der Waals surface area contributed by atoms with E-state index in [1.54, 1.807) is 0 Å². The monoisotopic (exact) mass is 617 g/mol. The summed E-state index contributed by atoms with van der Waals surface area (Å²) in [5.41, 5.74) is 10.3. The van der Waals surface area contributed by atoms with Crippen LogP contribution in [0.15, 0.2) is 36.4 Å². The fraction of sp³-hybridized carbons (Fsp3) is 0.733. The lowest BCUT2D eigenvalue weighted by atomic mass is 9.67. The molecular weight excluding hydrogens is 540 g/mol. The van der Waals surface area contributed by atoms with Crippen molar-refractivity contribution in [1.82, 2.24) is 0 Å². The molecule has 0 heteroatoms. The highest BCUT2D eigenvalue weighted by atomic mass is 14.4. The second kappa shape index (κ2) is 12.8. The third kappa shape index (κ3) is 12.5. The van der Waals surface area contributed by atoms with Gasteiger partial charge in [0.2, 0.25) is 0 Å². The SMILES string of the molecule is CC(C)(C)CC(C)(C)c1cc(Cc2cc(C(C)(C)CC(C)(C)C)cc(C(C)(C)CC(C)(C)C)c2)cc(C(C)(C)CC(C)(C)C)c1. The summed E-state index contributed by atoms with van der Waals surface area (Å²) in [7, 11) is 0. The van der Waals surface area contributed by atoms with Crippen LogP contribution in [0.25, 0.3) is 0 Å². The van der Waals surface area contributed by atoms with E-state index in [4.69, 9.17) is 0 Å². The fourth-order valence-corrected chi connectivity index (χ4v) is 9.10. The molecule has 0 aliphatic carbocycles. The Bertz CT molecular complexity index is 1090. The maximum absolute atomic E-state index is 2.56. The molecule has 0 N–H and O–H groups in total. The average molecular weight is 617 g/mol. The second-order valence-corrected chi connectivity index (χ2v) is 22.5. The lowest BCUT2D eigenvalue weighted by Gasteiger charge is -2.37. The van der Waals surface area contributed by atoms with Crippen LogP contribution >= 0.6 is 0 Å². The van der Waals surface area contributed by atoms with Crippen LogP contribution < -0.4 is 0 Å². The standard InChI is InChI=1S/C45H76/c1-38(2,3)28-42(13,14)34-22-32(23-35(26-34)43(15,16)29-39(4,5)6)21-33-24-36(44(17,18)30-40(7,8)9)27-37(25-33)45(19,20)31-41(10,11)12/h22-27H,21,28-31H2,1-20H3. The van der Waals surface area contributed by atoms with Gasteiger partial charge < -0.3 is 0 Å². The first kappa shape index (κ1) is 39.6. The number of hydrogen-bond acceptors (Lipinski definition) is 0. The van der Waals surface area contributed by atoms with Gasteiger partial charge in [-0.3, -0.25) is 0 Å². The highest BCUT2D eigenvalue weighted by Crippen LogP contribution is 2.44. The average Bonchev–Trinajstić information content (AvgIpc) is 2.72. The van der Waals surface area contributed by atoms with Gasteiger partial charge in [-0.25, -0.2) is 0 Å². The Morgan fingerprint density at radius 3 is 0.622 bits per heavy atom. The minimum atomic E-state index is 0.0945. The van der Waals surface area contributed by atoms with Crippen LogP contribution in [-0.4, -0.2) is 0 Å². The van der Waals surface area contributed by atoms with E-state index in [0.29, 0.717) is 0 Å². The van der Waals surface area contributed by atoms with Crippen molar-refractivity contribution < 1.29 is 0 Å². The van der Waals surface area contributed by atoms with Crippen molar-refractivity contribution in [2.24, 2.45) is 21.7 Å². The Morgan fingerprint density at radius 1 is 0.289 bits per heavy atom. The third-order valence-corrected chi connectivity index (χ3v) is 9.41. The zero-order valence-corrected chi connectivity index (χ0v) is 34.0. The summed E-state index contributed by atoms with van der Waals surface area (Å²) in [4.78, 5) is 0. The van der Waals surface area contributed by atoms with Crippen molar-refractivity contribution in [1.29, 1.82) is 0 Å². The van der Waals surface area contributed by atoms with E-state index in [2.05, 4.69) is 175 Å². The van der Waals surface area contributed by atoms with Gasteiger partial charge in [0.05, 0.1) is 0 Å². The van der Waals surface area contributed by atoms with Gasteiger partial charge in [-0.05, 0) is 109 Å². The lowest BCUT2D eigenvalue weighted by Crippen LogP contribution is -2.28. The van der Waals surface area contributed by atoms with Crippen LogP contribution in [0, 0.1) is 21.7 Å². The molecule has 2 rings (SSSR count). The zero-order valence-electron chi connectivity index (χ0n) is 34.0. The lowest BCUT2D eigenvalue weighted by molar-refractivity contribution is 0.278. The van der Waals surface area contributed by atoms with E-state index in [1.807, 2.05) is 0 Å². The molecule has 0 heterocycles. The van der Waals surface area contributed by atoms with Crippen molar-refractivity contribution in [2.75, 3.05) is 0 Å². The van der Waals surface area contributed by atoms with Crippen LogP contribution in [0.3, 0.4) is 0 Å². The van der Waals surface area contributed by atoms with E-state index in [0.717, 1.165) is 32.1 Å². The molecule has 0 nitrogen and oxygen atoms in total. The van der Waals surface area contributed by atoms with Crippen molar-refractivity contribution in [3.63, 3.8) is 0 Å². The van der Waals surface area contributed by atoms with E-state index in [-0.39, 0.29) is 43.3 Å². The first-order valence-corrected chi connectivity index (χ1v) is 18.0. The van der Waals surface area contributed by atoms with E-state index in [1.165, 1.54) is 33.4 Å². The maximum Gasteiger partial charge on any atom is -0.00254 e. The molecule has 0 aliphatic rings. The smallest absolute Gasteiger partial charge is 0.00254 e. The van der Waals surface area contributed by atoms with Gasteiger partial charge in [-0.1, -0.05) is 175 Å². The van der Waals surface area contributed by atoms with Crippen LogP contribution in [0.5, 0.6) is 0 Å². The van der Waals surface area contributed by atoms with E-state index < -0.39 is 0 Å². The van der Waals surface area contributed by atoms with Crippen molar-refractivity contribution in [2.45, 2.75) is 192 Å². The quantitative estimate of drug-likeness (QED) is 0.249. The Morgan fingerprint density at radius 2 is 0.467 bits per heavy atom. The number of benzene rings is 2. The van der Waals surface area contributed by atoms with Crippen LogP contribution in [0.4, 0.5) is 0 Å². The topological polar surface area (TPSA) is 0 Å². The summed E-state index contributed by atoms with van der Waals surface area (Å²) in [6.45, 7) is 48.3. The molecule has 0 radical (unpaired) electrons. The highest BCUT2D eigenvalue weighted by Gasteiger charge is 2.34. The predicted octanol–water partition coefficient (Wildman–Crippen LogP) is 14.1. The second-order valence-electron chi connectivity index (χ2n) is 22.5. The minimum Gasteiger partial charge on any atom is -0.0601 e. The summed E-state index contributed by atoms with van der Waals surface area (Å²) in [6.07, 6.45) is 5.60. The molecule has 45 heavy (non-hydrogen) atoms. The summed E-state index contributed by atoms with van der Waals surface area (Å²) in [5.74, 6) is 0. The number of rotatable bonds is 10. The fourth-order valence-electron chi connectivity index (χ4n) is 9.10. The van der Waals surface area contributed by atoms with E-state index in [9.17, 15) is 0 Å². The highest BCUT2D eigenvalue weighted by molar-refractivity contribution is 5.44. The van der Waals surface area contributed by atoms with Gasteiger partial charge in [0.25, 0.3) is 0 Å². The van der Waals surface area contributed by atoms with Crippen LogP contribution in [-0.2, 0) is 28.1 Å². The summed E-state index contributed by atoms with van der Waals surface area (Å²) in [6, 6.07) is 15.3. The van der Waals surface area contributed by atoms with E-state index >= 15 is 0 Å². The minimum absolute atomic E-state index is 0.0945. The Kier molecular flexibility index (Phi) is 11.3. The first-order chi connectivity index (χ1) is 19.7. The zero-order chi connectivity index (χ0) is 35.2. The van der Waals surface area contributed by atoms with Gasteiger partial charge in [-0.2, -0.15) is 0 Å². The summed E-state index contributed by atoms with van der Waals surface area (Å²) in [5, 5.41) is 0. The predicted molar refractivity (Wildman–Crippen MR) is 204 cm³/mol. The Labute approximate surface area is 283 Å². The largest absolute Gasteiger partial charge is 0.0601 e. The molecule has 0 bridgehead atoms. The van der Waals surface area contributed by atoms with Gasteiger partial charge in [0.1, 0.15) is 0 Å². The van der Waals surface area contributed by atoms with Crippen LogP contribution in [0.2, 0.25) is 0 Å². The molecule has 0 amide bonds. The molecule has 0 aromatic heterocycles. The van der Waals surface area contributed by atoms with Gasteiger partial charge in [0.15, 0.2) is 0 Å². The molecule has 0 saturated heterocycles. The molecule has 0 atom stereocenters. The Hall–Kier alpha value is -1.56. The van der Waals surface area contributed by atoms with Gasteiger partial charge >= 0.3 is 0 Å².